The summed E-state index contributed by atoms with van der Waals surface area (Å²) in [5.74, 6) is 1.78. The van der Waals surface area contributed by atoms with E-state index in [0.717, 1.165) is 48.3 Å². The second kappa shape index (κ2) is 10.1. The monoisotopic (exact) mass is 424 g/mol. The average molecular weight is 425 g/mol. The number of piperidine rings is 1. The van der Waals surface area contributed by atoms with Gasteiger partial charge in [0, 0.05) is 56.8 Å². The number of aromatic nitrogens is 2. The van der Waals surface area contributed by atoms with Crippen LogP contribution in [0.25, 0.3) is 0 Å². The molecule has 0 spiro atoms. The first kappa shape index (κ1) is 21.6. The van der Waals surface area contributed by atoms with E-state index in [-0.39, 0.29) is 18.1 Å². The Bertz CT molecular complexity index is 880. The number of amides is 2. The van der Waals surface area contributed by atoms with Crippen molar-refractivity contribution >= 4 is 6.03 Å². The van der Waals surface area contributed by atoms with E-state index in [0.29, 0.717) is 38.7 Å². The van der Waals surface area contributed by atoms with Crippen LogP contribution < -0.4 is 10.1 Å². The van der Waals surface area contributed by atoms with Crippen molar-refractivity contribution in [3.05, 3.63) is 53.0 Å². The van der Waals surface area contributed by atoms with Crippen LogP contribution in [0, 0.1) is 0 Å². The summed E-state index contributed by atoms with van der Waals surface area (Å²) in [5, 5.41) is 3.01. The van der Waals surface area contributed by atoms with E-state index < -0.39 is 0 Å². The topological polar surface area (TPSA) is 76.6 Å². The highest BCUT2D eigenvalue weighted by Crippen LogP contribution is 2.27. The van der Waals surface area contributed by atoms with Gasteiger partial charge in [-0.05, 0) is 5.56 Å². The number of carbonyl (C=O) groups excluding carboxylic acids is 1. The molecule has 0 saturated carbocycles. The van der Waals surface area contributed by atoms with Crippen molar-refractivity contribution in [1.82, 2.24) is 20.2 Å². The van der Waals surface area contributed by atoms with Gasteiger partial charge in [-0.3, -0.25) is 0 Å². The number of hydrogen-bond acceptors (Lipinski definition) is 5. The van der Waals surface area contributed by atoms with Crippen molar-refractivity contribution in [2.75, 3.05) is 26.3 Å². The molecule has 0 radical (unpaired) electrons. The van der Waals surface area contributed by atoms with E-state index in [1.165, 1.54) is 0 Å². The SMILES string of the molecule is CC(C)c1nc2c(c(OC3CCN(C(=O)NCc4ccccc4)CC3)n1)CCOCC2. The quantitative estimate of drug-likeness (QED) is 0.795. The molecule has 0 bridgehead atoms. The van der Waals surface area contributed by atoms with E-state index in [1.54, 1.807) is 0 Å². The van der Waals surface area contributed by atoms with Crippen LogP contribution in [0.3, 0.4) is 0 Å². The first-order valence-corrected chi connectivity index (χ1v) is 11.3. The normalized spacial score (nSPS) is 17.2. The van der Waals surface area contributed by atoms with Crippen LogP contribution in [0.15, 0.2) is 30.3 Å². The summed E-state index contributed by atoms with van der Waals surface area (Å²) in [4.78, 5) is 23.9. The summed E-state index contributed by atoms with van der Waals surface area (Å²) in [6.07, 6.45) is 3.23. The molecule has 7 nitrogen and oxygen atoms in total. The number of likely N-dealkylation sites (tertiary alicyclic amines) is 1. The Morgan fingerprint density at radius 1 is 1.16 bits per heavy atom. The summed E-state index contributed by atoms with van der Waals surface area (Å²) in [6, 6.07) is 9.95. The van der Waals surface area contributed by atoms with Crippen LogP contribution in [0.2, 0.25) is 0 Å². The van der Waals surface area contributed by atoms with Crippen LogP contribution in [-0.2, 0) is 24.1 Å². The average Bonchev–Trinajstić information content (AvgIpc) is 3.04. The molecule has 7 heteroatoms. The lowest BCUT2D eigenvalue weighted by Crippen LogP contribution is -2.46. The fourth-order valence-electron chi connectivity index (χ4n) is 4.00. The molecule has 31 heavy (non-hydrogen) atoms. The van der Waals surface area contributed by atoms with E-state index in [1.807, 2.05) is 35.2 Å². The third-order valence-electron chi connectivity index (χ3n) is 5.86. The van der Waals surface area contributed by atoms with Gasteiger partial charge in [0.25, 0.3) is 0 Å². The van der Waals surface area contributed by atoms with Gasteiger partial charge in [0.2, 0.25) is 5.88 Å². The minimum atomic E-state index is -0.0163. The molecule has 2 amide bonds. The largest absolute Gasteiger partial charge is 0.474 e. The van der Waals surface area contributed by atoms with Gasteiger partial charge < -0.3 is 19.7 Å². The summed E-state index contributed by atoms with van der Waals surface area (Å²) >= 11 is 0. The van der Waals surface area contributed by atoms with Gasteiger partial charge in [0.05, 0.1) is 18.9 Å². The Hall–Kier alpha value is -2.67. The van der Waals surface area contributed by atoms with Gasteiger partial charge in [-0.25, -0.2) is 9.78 Å². The molecule has 1 aromatic carbocycles. The molecular formula is C24H32N4O3. The number of benzene rings is 1. The van der Waals surface area contributed by atoms with E-state index in [2.05, 4.69) is 19.2 Å². The molecular weight excluding hydrogens is 392 g/mol. The fourth-order valence-corrected chi connectivity index (χ4v) is 4.00. The highest BCUT2D eigenvalue weighted by Gasteiger charge is 2.26. The Balaban J connectivity index is 1.35. The Kier molecular flexibility index (Phi) is 7.02. The number of ether oxygens (including phenoxy) is 2. The van der Waals surface area contributed by atoms with Crippen molar-refractivity contribution in [2.45, 2.75) is 58.1 Å². The summed E-state index contributed by atoms with van der Waals surface area (Å²) < 4.78 is 12.0. The van der Waals surface area contributed by atoms with Gasteiger partial charge >= 0.3 is 6.03 Å². The summed E-state index contributed by atoms with van der Waals surface area (Å²) in [6.45, 7) is 7.47. The summed E-state index contributed by atoms with van der Waals surface area (Å²) in [5.41, 5.74) is 3.25. The first-order valence-electron chi connectivity index (χ1n) is 11.3. The van der Waals surface area contributed by atoms with Gasteiger partial charge in [-0.15, -0.1) is 0 Å². The number of nitrogens with one attached hydrogen (secondary N) is 1. The fraction of sp³-hybridized carbons (Fsp3) is 0.542. The summed E-state index contributed by atoms with van der Waals surface area (Å²) in [7, 11) is 0. The molecule has 0 atom stereocenters. The van der Waals surface area contributed by atoms with Crippen LogP contribution in [-0.4, -0.2) is 53.3 Å². The molecule has 2 aliphatic heterocycles. The second-order valence-electron chi connectivity index (χ2n) is 8.53. The Morgan fingerprint density at radius 2 is 1.90 bits per heavy atom. The van der Waals surface area contributed by atoms with Crippen molar-refractivity contribution in [3.63, 3.8) is 0 Å². The van der Waals surface area contributed by atoms with Crippen molar-refractivity contribution in [1.29, 1.82) is 0 Å². The molecule has 4 rings (SSSR count). The van der Waals surface area contributed by atoms with Crippen molar-refractivity contribution < 1.29 is 14.3 Å². The lowest BCUT2D eigenvalue weighted by atomic mass is 10.1. The zero-order chi connectivity index (χ0) is 21.6. The molecule has 0 unspecified atom stereocenters. The number of nitrogens with zero attached hydrogens (tertiary/aromatic N) is 3. The number of urea groups is 1. The van der Waals surface area contributed by atoms with Gasteiger partial charge in [0.1, 0.15) is 11.9 Å². The van der Waals surface area contributed by atoms with E-state index in [9.17, 15) is 4.79 Å². The maximum Gasteiger partial charge on any atom is 0.317 e. The predicted octanol–water partition coefficient (Wildman–Crippen LogP) is 3.47. The molecule has 2 aliphatic rings. The molecule has 2 aromatic rings. The minimum absolute atomic E-state index is 0.0163. The Morgan fingerprint density at radius 3 is 2.65 bits per heavy atom. The maximum absolute atomic E-state index is 12.5. The number of fused-ring (bicyclic) bond motifs is 1. The standard InChI is InChI=1S/C24H32N4O3/c1-17(2)22-26-21-11-15-30-14-10-20(21)23(27-22)31-19-8-12-28(13-9-19)24(29)25-16-18-6-4-3-5-7-18/h3-7,17,19H,8-16H2,1-2H3,(H,25,29). The maximum atomic E-state index is 12.5. The molecule has 1 saturated heterocycles. The van der Waals surface area contributed by atoms with E-state index >= 15 is 0 Å². The zero-order valence-electron chi connectivity index (χ0n) is 18.5. The molecule has 3 heterocycles. The van der Waals surface area contributed by atoms with E-state index in [4.69, 9.17) is 19.4 Å². The minimum Gasteiger partial charge on any atom is -0.474 e. The third-order valence-corrected chi connectivity index (χ3v) is 5.86. The predicted molar refractivity (Wildman–Crippen MR) is 118 cm³/mol. The first-order chi connectivity index (χ1) is 15.1. The van der Waals surface area contributed by atoms with Crippen molar-refractivity contribution in [3.8, 4) is 5.88 Å². The molecule has 1 aromatic heterocycles. The number of rotatable bonds is 5. The van der Waals surface area contributed by atoms with Crippen LogP contribution >= 0.6 is 0 Å². The van der Waals surface area contributed by atoms with Gasteiger partial charge in [0.15, 0.2) is 0 Å². The highest BCUT2D eigenvalue weighted by atomic mass is 16.5. The smallest absolute Gasteiger partial charge is 0.317 e. The second-order valence-corrected chi connectivity index (χ2v) is 8.53. The number of carbonyl (C=O) groups is 1. The molecule has 1 fully saturated rings. The van der Waals surface area contributed by atoms with Gasteiger partial charge in [-0.2, -0.15) is 4.98 Å². The van der Waals surface area contributed by atoms with Crippen LogP contribution in [0.1, 0.15) is 55.3 Å². The zero-order valence-corrected chi connectivity index (χ0v) is 18.5. The molecule has 1 N–H and O–H groups in total. The number of hydrogen-bond donors (Lipinski definition) is 1. The third kappa shape index (κ3) is 5.53. The van der Waals surface area contributed by atoms with Crippen LogP contribution in [0.4, 0.5) is 4.79 Å². The lowest BCUT2D eigenvalue weighted by molar-refractivity contribution is 0.105. The molecule has 0 aliphatic carbocycles. The van der Waals surface area contributed by atoms with Crippen molar-refractivity contribution in [2.24, 2.45) is 0 Å². The van der Waals surface area contributed by atoms with Gasteiger partial charge in [-0.1, -0.05) is 44.2 Å². The Labute approximate surface area is 184 Å². The highest BCUT2D eigenvalue weighted by molar-refractivity contribution is 5.74. The van der Waals surface area contributed by atoms with Crippen LogP contribution in [0.5, 0.6) is 5.88 Å². The lowest BCUT2D eigenvalue weighted by Gasteiger charge is -2.32. The molecule has 166 valence electrons.